The highest BCUT2D eigenvalue weighted by Gasteiger charge is 2.34. The molecule has 0 spiro atoms. The number of hydrogen-bond acceptors (Lipinski definition) is 3. The van der Waals surface area contributed by atoms with Crippen molar-refractivity contribution in [3.05, 3.63) is 89.2 Å². The van der Waals surface area contributed by atoms with Gasteiger partial charge in [-0.3, -0.25) is 19.8 Å². The minimum Gasteiger partial charge on any atom is -0.317 e. The van der Waals surface area contributed by atoms with E-state index < -0.39 is 11.8 Å². The van der Waals surface area contributed by atoms with E-state index >= 15 is 0 Å². The van der Waals surface area contributed by atoms with Gasteiger partial charge in [-0.15, -0.1) is 0 Å². The molecule has 4 rings (SSSR count). The van der Waals surface area contributed by atoms with Crippen LogP contribution in [0, 0.1) is 0 Å². The van der Waals surface area contributed by atoms with Gasteiger partial charge in [-0.25, -0.2) is 0 Å². The van der Waals surface area contributed by atoms with E-state index in [9.17, 15) is 9.59 Å². The van der Waals surface area contributed by atoms with Gasteiger partial charge >= 0.3 is 0 Å². The van der Waals surface area contributed by atoms with E-state index in [1.165, 1.54) is 4.90 Å². The summed E-state index contributed by atoms with van der Waals surface area (Å²) in [5.74, 6) is -1.02. The van der Waals surface area contributed by atoms with Crippen LogP contribution in [0.3, 0.4) is 0 Å². The van der Waals surface area contributed by atoms with Gasteiger partial charge in [0.2, 0.25) is 0 Å². The average molecular weight is 408 g/mol. The maximum absolute atomic E-state index is 13.1. The van der Waals surface area contributed by atoms with Crippen LogP contribution in [0.25, 0.3) is 11.8 Å². The summed E-state index contributed by atoms with van der Waals surface area (Å²) in [6.07, 6.45) is 3.43. The van der Waals surface area contributed by atoms with Crippen molar-refractivity contribution in [2.45, 2.75) is 0 Å². The van der Waals surface area contributed by atoms with Crippen LogP contribution in [0.4, 0.5) is 5.69 Å². The van der Waals surface area contributed by atoms with Crippen LogP contribution < -0.4 is 10.2 Å². The van der Waals surface area contributed by atoms with Crippen LogP contribution in [-0.4, -0.2) is 21.5 Å². The predicted molar refractivity (Wildman–Crippen MR) is 113 cm³/mol. The number of benzene rings is 2. The highest BCUT2D eigenvalue weighted by atomic mass is 35.5. The number of nitrogens with zero attached hydrogens (tertiary/aromatic N) is 2. The number of hydrogen-bond donors (Lipinski definition) is 1. The molecule has 1 aliphatic rings. The summed E-state index contributed by atoms with van der Waals surface area (Å²) in [6, 6.07) is 20.0. The second-order valence-corrected chi connectivity index (χ2v) is 6.90. The Morgan fingerprint density at radius 1 is 0.893 bits per heavy atom. The van der Waals surface area contributed by atoms with Crippen LogP contribution >= 0.6 is 23.8 Å². The molecular weight excluding hydrogens is 394 g/mol. The van der Waals surface area contributed by atoms with Crippen molar-refractivity contribution in [2.75, 3.05) is 4.90 Å². The number of amides is 2. The fourth-order valence-corrected chi connectivity index (χ4v) is 3.37. The van der Waals surface area contributed by atoms with Gasteiger partial charge in [-0.1, -0.05) is 29.8 Å². The number of para-hydroxylation sites is 1. The Balaban J connectivity index is 1.74. The monoisotopic (exact) mass is 407 g/mol. The standard InChI is InChI=1S/C21H14ClN3O2S/c22-14-8-10-16(11-9-14)25-20(27)18(19(26)23-21(25)28)13-17-7-4-12-24(17)15-5-2-1-3-6-15/h1-13H,(H,23,26,28). The van der Waals surface area contributed by atoms with E-state index in [2.05, 4.69) is 5.32 Å². The summed E-state index contributed by atoms with van der Waals surface area (Å²) in [5, 5.41) is 3.16. The fourth-order valence-electron chi connectivity index (χ4n) is 2.97. The van der Waals surface area contributed by atoms with Crippen LogP contribution in [0.15, 0.2) is 78.5 Å². The predicted octanol–water partition coefficient (Wildman–Crippen LogP) is 3.96. The minimum atomic E-state index is -0.527. The first kappa shape index (κ1) is 18.2. The quantitative estimate of drug-likeness (QED) is 0.406. The van der Waals surface area contributed by atoms with Crippen molar-refractivity contribution in [3.63, 3.8) is 0 Å². The normalized spacial score (nSPS) is 15.8. The van der Waals surface area contributed by atoms with Gasteiger partial charge in [0.25, 0.3) is 11.8 Å². The van der Waals surface area contributed by atoms with Gasteiger partial charge in [0, 0.05) is 22.6 Å². The summed E-state index contributed by atoms with van der Waals surface area (Å²) in [5.41, 5.74) is 2.16. The van der Waals surface area contributed by atoms with E-state index in [-0.39, 0.29) is 10.7 Å². The van der Waals surface area contributed by atoms with E-state index in [0.29, 0.717) is 16.4 Å². The number of carbonyl (C=O) groups is 2. The van der Waals surface area contributed by atoms with Gasteiger partial charge < -0.3 is 4.57 Å². The largest absolute Gasteiger partial charge is 0.317 e. The maximum atomic E-state index is 13.1. The highest BCUT2D eigenvalue weighted by molar-refractivity contribution is 7.80. The Bertz CT molecular complexity index is 1100. The van der Waals surface area contributed by atoms with E-state index in [4.69, 9.17) is 23.8 Å². The van der Waals surface area contributed by atoms with Crippen molar-refractivity contribution < 1.29 is 9.59 Å². The molecule has 0 atom stereocenters. The zero-order valence-electron chi connectivity index (χ0n) is 14.5. The first-order chi connectivity index (χ1) is 13.5. The number of nitrogens with one attached hydrogen (secondary N) is 1. The van der Waals surface area contributed by atoms with Crippen molar-refractivity contribution in [1.82, 2.24) is 9.88 Å². The van der Waals surface area contributed by atoms with Crippen LogP contribution in [0.2, 0.25) is 5.02 Å². The Hall–Kier alpha value is -3.22. The molecule has 138 valence electrons. The van der Waals surface area contributed by atoms with Crippen LogP contribution in [0.1, 0.15) is 5.69 Å². The molecule has 7 heteroatoms. The molecule has 5 nitrogen and oxygen atoms in total. The number of carbonyl (C=O) groups excluding carboxylic acids is 2. The molecule has 1 aromatic heterocycles. The van der Waals surface area contributed by atoms with Gasteiger partial charge in [-0.2, -0.15) is 0 Å². The molecule has 1 N–H and O–H groups in total. The third-order valence-electron chi connectivity index (χ3n) is 4.29. The first-order valence-electron chi connectivity index (χ1n) is 8.44. The number of rotatable bonds is 3. The molecule has 2 heterocycles. The number of halogens is 1. The van der Waals surface area contributed by atoms with Gasteiger partial charge in [0.05, 0.1) is 5.69 Å². The van der Waals surface area contributed by atoms with Crippen LogP contribution in [0.5, 0.6) is 0 Å². The molecule has 0 aliphatic carbocycles. The maximum Gasteiger partial charge on any atom is 0.270 e. The molecule has 0 unspecified atom stereocenters. The molecule has 1 aliphatic heterocycles. The van der Waals surface area contributed by atoms with Crippen molar-refractivity contribution in [3.8, 4) is 5.69 Å². The van der Waals surface area contributed by atoms with Crippen molar-refractivity contribution in [1.29, 1.82) is 0 Å². The van der Waals surface area contributed by atoms with Crippen molar-refractivity contribution >= 4 is 52.5 Å². The Kier molecular flexibility index (Phi) is 4.81. The highest BCUT2D eigenvalue weighted by Crippen LogP contribution is 2.24. The molecule has 1 fully saturated rings. The average Bonchev–Trinajstić information content (AvgIpc) is 3.15. The lowest BCUT2D eigenvalue weighted by Gasteiger charge is -2.29. The van der Waals surface area contributed by atoms with Crippen molar-refractivity contribution in [2.24, 2.45) is 0 Å². The molecule has 0 saturated carbocycles. The summed E-state index contributed by atoms with van der Waals surface area (Å²) >= 11 is 11.1. The summed E-state index contributed by atoms with van der Waals surface area (Å²) in [6.45, 7) is 0. The third-order valence-corrected chi connectivity index (χ3v) is 4.83. The molecule has 2 amide bonds. The molecule has 28 heavy (non-hydrogen) atoms. The van der Waals surface area contributed by atoms with E-state index in [1.54, 1.807) is 30.3 Å². The molecular formula is C21H14ClN3O2S. The summed E-state index contributed by atoms with van der Waals surface area (Å²) < 4.78 is 1.90. The van der Waals surface area contributed by atoms with Gasteiger partial charge in [0.1, 0.15) is 5.57 Å². The minimum absolute atomic E-state index is 0.000527. The molecule has 0 bridgehead atoms. The number of aromatic nitrogens is 1. The second-order valence-electron chi connectivity index (χ2n) is 6.07. The first-order valence-corrected chi connectivity index (χ1v) is 9.23. The summed E-state index contributed by atoms with van der Waals surface area (Å²) in [7, 11) is 0. The van der Waals surface area contributed by atoms with Gasteiger partial charge in [-0.05, 0) is 66.8 Å². The van der Waals surface area contributed by atoms with E-state index in [0.717, 1.165) is 5.69 Å². The third kappa shape index (κ3) is 3.35. The Labute approximate surface area is 171 Å². The van der Waals surface area contributed by atoms with Crippen LogP contribution in [-0.2, 0) is 9.59 Å². The zero-order valence-corrected chi connectivity index (χ0v) is 16.1. The Morgan fingerprint density at radius 3 is 2.32 bits per heavy atom. The molecule has 1 saturated heterocycles. The molecule has 3 aromatic rings. The van der Waals surface area contributed by atoms with E-state index in [1.807, 2.05) is 53.2 Å². The topological polar surface area (TPSA) is 54.3 Å². The number of thiocarbonyl (C=S) groups is 1. The fraction of sp³-hybridized carbons (Fsp3) is 0. The molecule has 2 aromatic carbocycles. The molecule has 0 radical (unpaired) electrons. The SMILES string of the molecule is O=C1NC(=S)N(c2ccc(Cl)cc2)C(=O)C1=Cc1cccn1-c1ccccc1. The zero-order chi connectivity index (χ0) is 19.7. The lowest BCUT2D eigenvalue weighted by atomic mass is 10.1. The smallest absolute Gasteiger partial charge is 0.270 e. The lowest BCUT2D eigenvalue weighted by Crippen LogP contribution is -2.54. The Morgan fingerprint density at radius 2 is 1.61 bits per heavy atom. The van der Waals surface area contributed by atoms with Gasteiger partial charge in [0.15, 0.2) is 5.11 Å². The lowest BCUT2D eigenvalue weighted by molar-refractivity contribution is -0.122. The number of anilines is 1. The second kappa shape index (κ2) is 7.42. The summed E-state index contributed by atoms with van der Waals surface area (Å²) in [4.78, 5) is 26.8.